The molecule has 0 aliphatic heterocycles. The molecule has 0 aliphatic carbocycles. The molecule has 1 heterocycles. The molecule has 0 unspecified atom stereocenters. The lowest BCUT2D eigenvalue weighted by Crippen LogP contribution is -2.00. The number of thioether (sulfide) groups is 1. The molecule has 0 saturated heterocycles. The second kappa shape index (κ2) is 5.63. The molecule has 0 fully saturated rings. The second-order valence-corrected chi connectivity index (χ2v) is 5.36. The number of carboxylic acid groups (broad SMARTS) is 1. The molecule has 1 aromatic heterocycles. The minimum atomic E-state index is -0.878. The van der Waals surface area contributed by atoms with Gasteiger partial charge in [0.2, 0.25) is 0 Å². The molecule has 2 rings (SSSR count). The molecule has 0 aliphatic rings. The largest absolute Gasteiger partial charge is 0.481 e. The summed E-state index contributed by atoms with van der Waals surface area (Å²) in [7, 11) is 1.74. The van der Waals surface area contributed by atoms with Gasteiger partial charge < -0.3 is 5.11 Å². The van der Waals surface area contributed by atoms with Crippen LogP contribution in [-0.4, -0.2) is 31.6 Å². The average molecular weight is 298 g/mol. The number of carboxylic acids is 1. The van der Waals surface area contributed by atoms with Crippen molar-refractivity contribution in [2.75, 3.05) is 5.75 Å². The van der Waals surface area contributed by atoms with E-state index in [9.17, 15) is 4.79 Å². The van der Waals surface area contributed by atoms with Gasteiger partial charge in [-0.2, -0.15) is 5.10 Å². The van der Waals surface area contributed by atoms with Gasteiger partial charge in [-0.25, -0.2) is 9.67 Å². The van der Waals surface area contributed by atoms with E-state index in [1.165, 1.54) is 0 Å². The average Bonchev–Trinajstić information content (AvgIpc) is 2.67. The minimum absolute atomic E-state index is 0.0361. The summed E-state index contributed by atoms with van der Waals surface area (Å²) in [5, 5.41) is 14.2. The highest BCUT2D eigenvalue weighted by molar-refractivity contribution is 7.99. The summed E-state index contributed by atoms with van der Waals surface area (Å²) in [6, 6.07) is 5.49. The highest BCUT2D eigenvalue weighted by atomic mass is 35.5. The van der Waals surface area contributed by atoms with Gasteiger partial charge in [0.1, 0.15) is 0 Å². The maximum atomic E-state index is 10.6. The molecule has 100 valence electrons. The Morgan fingerprint density at radius 2 is 2.26 bits per heavy atom. The number of aliphatic carboxylic acids is 1. The molecule has 0 amide bonds. The maximum absolute atomic E-state index is 10.6. The monoisotopic (exact) mass is 297 g/mol. The normalized spacial score (nSPS) is 10.7. The highest BCUT2D eigenvalue weighted by Crippen LogP contribution is 2.25. The van der Waals surface area contributed by atoms with Crippen LogP contribution in [0.2, 0.25) is 5.02 Å². The maximum Gasteiger partial charge on any atom is 0.313 e. The van der Waals surface area contributed by atoms with Crippen LogP contribution in [-0.2, 0) is 11.8 Å². The van der Waals surface area contributed by atoms with Crippen LogP contribution >= 0.6 is 23.4 Å². The zero-order valence-corrected chi connectivity index (χ0v) is 12.0. The van der Waals surface area contributed by atoms with E-state index < -0.39 is 5.97 Å². The summed E-state index contributed by atoms with van der Waals surface area (Å²) in [5.41, 5.74) is 1.87. The number of benzene rings is 1. The number of halogens is 1. The van der Waals surface area contributed by atoms with Gasteiger partial charge in [0, 0.05) is 17.6 Å². The number of aryl methyl sites for hydroxylation is 2. The van der Waals surface area contributed by atoms with Gasteiger partial charge in [0.15, 0.2) is 11.0 Å². The number of hydrogen-bond donors (Lipinski definition) is 1. The van der Waals surface area contributed by atoms with Crippen molar-refractivity contribution in [3.8, 4) is 11.4 Å². The summed E-state index contributed by atoms with van der Waals surface area (Å²) >= 11 is 7.05. The van der Waals surface area contributed by atoms with Gasteiger partial charge in [0.25, 0.3) is 0 Å². The van der Waals surface area contributed by atoms with E-state index in [4.69, 9.17) is 16.7 Å². The Labute approximate surface area is 119 Å². The molecule has 5 nitrogen and oxygen atoms in total. The Morgan fingerprint density at radius 3 is 2.89 bits per heavy atom. The van der Waals surface area contributed by atoms with E-state index in [0.717, 1.165) is 22.9 Å². The predicted molar refractivity (Wildman–Crippen MR) is 74.5 cm³/mol. The summed E-state index contributed by atoms with van der Waals surface area (Å²) in [4.78, 5) is 14.9. The number of carbonyl (C=O) groups is 1. The van der Waals surface area contributed by atoms with Crippen LogP contribution in [0.1, 0.15) is 5.56 Å². The first-order chi connectivity index (χ1) is 8.97. The van der Waals surface area contributed by atoms with Crippen molar-refractivity contribution in [2.24, 2.45) is 7.05 Å². The van der Waals surface area contributed by atoms with Crippen LogP contribution in [0.15, 0.2) is 23.4 Å². The third-order valence-corrected chi connectivity index (χ3v) is 3.72. The van der Waals surface area contributed by atoms with Crippen LogP contribution < -0.4 is 0 Å². The molecule has 0 saturated carbocycles. The van der Waals surface area contributed by atoms with Crippen molar-refractivity contribution in [1.82, 2.24) is 14.8 Å². The molecule has 0 spiro atoms. The predicted octanol–water partition coefficient (Wildman–Crippen LogP) is 2.62. The first kappa shape index (κ1) is 13.9. The minimum Gasteiger partial charge on any atom is -0.481 e. The molecule has 19 heavy (non-hydrogen) atoms. The molecule has 0 bridgehead atoms. The standard InChI is InChI=1S/C12H12ClN3O2S/c1-7-5-8(13)3-4-9(7)11-14-12(16(2)15-11)19-6-10(17)18/h3-5H,6H2,1-2H3,(H,17,18). The van der Waals surface area contributed by atoms with Crippen molar-refractivity contribution in [2.45, 2.75) is 12.1 Å². The van der Waals surface area contributed by atoms with Gasteiger partial charge >= 0.3 is 5.97 Å². The van der Waals surface area contributed by atoms with Gasteiger partial charge in [0.05, 0.1) is 5.75 Å². The van der Waals surface area contributed by atoms with Crippen molar-refractivity contribution >= 4 is 29.3 Å². The second-order valence-electron chi connectivity index (χ2n) is 3.98. The molecule has 2 aromatic rings. The molecule has 1 N–H and O–H groups in total. The fraction of sp³-hybridized carbons (Fsp3) is 0.250. The fourth-order valence-corrected chi connectivity index (χ4v) is 2.47. The Hall–Kier alpha value is -1.53. The Kier molecular flexibility index (Phi) is 4.11. The lowest BCUT2D eigenvalue weighted by molar-refractivity contribution is -0.133. The third-order valence-electron chi connectivity index (χ3n) is 2.48. The first-order valence-electron chi connectivity index (χ1n) is 5.49. The number of hydrogen-bond acceptors (Lipinski definition) is 4. The Balaban J connectivity index is 2.31. The van der Waals surface area contributed by atoms with Crippen LogP contribution in [0.3, 0.4) is 0 Å². The quantitative estimate of drug-likeness (QED) is 0.879. The van der Waals surface area contributed by atoms with Gasteiger partial charge in [-0.05, 0) is 30.7 Å². The lowest BCUT2D eigenvalue weighted by Gasteiger charge is -2.00. The van der Waals surface area contributed by atoms with Crippen LogP contribution in [0.4, 0.5) is 0 Å². The Morgan fingerprint density at radius 1 is 1.53 bits per heavy atom. The van der Waals surface area contributed by atoms with Crippen molar-refractivity contribution < 1.29 is 9.90 Å². The first-order valence-corrected chi connectivity index (χ1v) is 6.86. The fourth-order valence-electron chi connectivity index (χ4n) is 1.61. The third kappa shape index (κ3) is 3.27. The zero-order chi connectivity index (χ0) is 14.0. The van der Waals surface area contributed by atoms with Crippen LogP contribution in [0.25, 0.3) is 11.4 Å². The molecule has 0 radical (unpaired) electrons. The van der Waals surface area contributed by atoms with Gasteiger partial charge in [-0.15, -0.1) is 0 Å². The molecule has 0 atom stereocenters. The van der Waals surface area contributed by atoms with E-state index in [2.05, 4.69) is 10.1 Å². The Bertz CT molecular complexity index is 627. The SMILES string of the molecule is Cc1cc(Cl)ccc1-c1nc(SCC(=O)O)n(C)n1. The number of nitrogens with zero attached hydrogens (tertiary/aromatic N) is 3. The topological polar surface area (TPSA) is 68.0 Å². The van der Waals surface area contributed by atoms with E-state index in [1.807, 2.05) is 19.1 Å². The lowest BCUT2D eigenvalue weighted by atomic mass is 10.1. The number of aromatic nitrogens is 3. The van der Waals surface area contributed by atoms with E-state index in [1.54, 1.807) is 17.8 Å². The molecular weight excluding hydrogens is 286 g/mol. The molecular formula is C12H12ClN3O2S. The summed E-state index contributed by atoms with van der Waals surface area (Å²) in [5.74, 6) is -0.340. The van der Waals surface area contributed by atoms with E-state index in [-0.39, 0.29) is 5.75 Å². The van der Waals surface area contributed by atoms with Crippen molar-refractivity contribution in [1.29, 1.82) is 0 Å². The smallest absolute Gasteiger partial charge is 0.313 e. The van der Waals surface area contributed by atoms with Gasteiger partial charge in [-0.1, -0.05) is 23.4 Å². The van der Waals surface area contributed by atoms with Crippen molar-refractivity contribution in [3.05, 3.63) is 28.8 Å². The van der Waals surface area contributed by atoms with Crippen LogP contribution in [0.5, 0.6) is 0 Å². The zero-order valence-electron chi connectivity index (χ0n) is 10.4. The summed E-state index contributed by atoms with van der Waals surface area (Å²) < 4.78 is 1.58. The van der Waals surface area contributed by atoms with Crippen molar-refractivity contribution in [3.63, 3.8) is 0 Å². The summed E-state index contributed by atoms with van der Waals surface area (Å²) in [6.45, 7) is 1.93. The summed E-state index contributed by atoms with van der Waals surface area (Å²) in [6.07, 6.45) is 0. The molecule has 7 heteroatoms. The highest BCUT2D eigenvalue weighted by Gasteiger charge is 2.13. The number of rotatable bonds is 4. The molecule has 1 aromatic carbocycles. The van der Waals surface area contributed by atoms with E-state index >= 15 is 0 Å². The van der Waals surface area contributed by atoms with Gasteiger partial charge in [-0.3, -0.25) is 4.79 Å². The van der Waals surface area contributed by atoms with E-state index in [0.29, 0.717) is 16.0 Å². The van der Waals surface area contributed by atoms with Crippen LogP contribution in [0, 0.1) is 6.92 Å².